The summed E-state index contributed by atoms with van der Waals surface area (Å²) in [4.78, 5) is 0. The average Bonchev–Trinajstić information content (AvgIpc) is 2.93. The van der Waals surface area contributed by atoms with E-state index in [9.17, 15) is 25.5 Å². The summed E-state index contributed by atoms with van der Waals surface area (Å²) in [5.41, 5.74) is 4.01. The van der Waals surface area contributed by atoms with Crippen molar-refractivity contribution in [2.45, 2.75) is 49.5 Å². The molecule has 5 N–H and O–H groups in total. The highest BCUT2D eigenvalue weighted by Crippen LogP contribution is 2.43. The number of phenolic OH excluding ortho intramolecular Hbond substituents is 1. The van der Waals surface area contributed by atoms with E-state index in [1.54, 1.807) is 12.1 Å². The Kier molecular flexibility index (Phi) is 6.47. The highest BCUT2D eigenvalue weighted by molar-refractivity contribution is 5.75. The van der Waals surface area contributed by atoms with E-state index < -0.39 is 37.3 Å². The maximum absolute atomic E-state index is 10.4. The molecule has 0 spiro atoms. The van der Waals surface area contributed by atoms with E-state index in [1.807, 2.05) is 18.2 Å². The Labute approximate surface area is 180 Å². The Morgan fingerprint density at radius 3 is 2.55 bits per heavy atom. The molecule has 31 heavy (non-hydrogen) atoms. The second kappa shape index (κ2) is 9.12. The van der Waals surface area contributed by atoms with Crippen LogP contribution in [0.3, 0.4) is 0 Å². The van der Waals surface area contributed by atoms with E-state index in [-0.39, 0.29) is 18.3 Å². The van der Waals surface area contributed by atoms with Gasteiger partial charge in [0.1, 0.15) is 24.4 Å². The Balaban J connectivity index is 1.61. The fraction of sp³-hybridized carbons (Fsp3) is 0.478. The van der Waals surface area contributed by atoms with Gasteiger partial charge in [-0.25, -0.2) is 0 Å². The average molecular weight is 432 g/mol. The van der Waals surface area contributed by atoms with Crippen LogP contribution >= 0.6 is 0 Å². The summed E-state index contributed by atoms with van der Waals surface area (Å²) in [5.74, 6) is 0.298. The molecule has 1 fully saturated rings. The second-order valence-electron chi connectivity index (χ2n) is 8.03. The number of hydrogen-bond donors (Lipinski definition) is 5. The first-order chi connectivity index (χ1) is 14.9. The number of aryl methyl sites for hydroxylation is 1. The van der Waals surface area contributed by atoms with Gasteiger partial charge in [-0.05, 0) is 47.2 Å². The van der Waals surface area contributed by atoms with Crippen LogP contribution in [0.15, 0.2) is 36.4 Å². The molecule has 1 heterocycles. The molecule has 6 atom stereocenters. The molecular formula is C23H28O8. The molecule has 0 amide bonds. The molecule has 2 aromatic rings. The molecule has 0 unspecified atom stereocenters. The Morgan fingerprint density at radius 1 is 1.03 bits per heavy atom. The molecular weight excluding hydrogens is 404 g/mol. The van der Waals surface area contributed by atoms with Crippen LogP contribution in [0.25, 0.3) is 11.1 Å². The van der Waals surface area contributed by atoms with Crippen molar-refractivity contribution < 1.29 is 39.7 Å². The first-order valence-corrected chi connectivity index (χ1v) is 10.4. The summed E-state index contributed by atoms with van der Waals surface area (Å²) in [5, 5.41) is 50.0. The molecule has 8 heteroatoms. The number of ether oxygens (including phenoxy) is 3. The molecule has 1 aliphatic heterocycles. The summed E-state index contributed by atoms with van der Waals surface area (Å²) in [6.45, 7) is -0.347. The number of rotatable bonds is 5. The molecule has 0 radical (unpaired) electrons. The Bertz CT molecular complexity index is 914. The van der Waals surface area contributed by atoms with Crippen molar-refractivity contribution >= 4 is 0 Å². The fourth-order valence-corrected chi connectivity index (χ4v) is 4.39. The number of fused-ring (bicyclic) bond motifs is 3. The molecule has 168 valence electrons. The maximum Gasteiger partial charge on any atom is 0.186 e. The minimum absolute atomic E-state index is 0.0477. The largest absolute Gasteiger partial charge is 0.504 e. The zero-order valence-corrected chi connectivity index (χ0v) is 17.2. The lowest BCUT2D eigenvalue weighted by molar-refractivity contribution is -0.302. The molecule has 0 bridgehead atoms. The van der Waals surface area contributed by atoms with Crippen LogP contribution < -0.4 is 4.74 Å². The van der Waals surface area contributed by atoms with E-state index >= 15 is 0 Å². The van der Waals surface area contributed by atoms with E-state index in [2.05, 4.69) is 6.07 Å². The third-order valence-electron chi connectivity index (χ3n) is 6.17. The van der Waals surface area contributed by atoms with Gasteiger partial charge in [0.05, 0.1) is 20.3 Å². The monoisotopic (exact) mass is 432 g/mol. The number of aliphatic hydroxyl groups is 4. The van der Waals surface area contributed by atoms with Gasteiger partial charge in [0.15, 0.2) is 17.8 Å². The SMILES string of the molecule is COc1cc2c(cc1O)-c1ccccc1CC[C@H]2CO[C@@H]1O[C@H](CO)[C@@H](O)[C@H](O)[C@H]1O. The van der Waals surface area contributed by atoms with Crippen LogP contribution in [0.1, 0.15) is 23.5 Å². The first-order valence-electron chi connectivity index (χ1n) is 10.4. The molecule has 1 saturated heterocycles. The van der Waals surface area contributed by atoms with Gasteiger partial charge < -0.3 is 39.7 Å². The first kappa shape index (κ1) is 22.0. The van der Waals surface area contributed by atoms with Crippen LogP contribution in [0, 0.1) is 0 Å². The summed E-state index contributed by atoms with van der Waals surface area (Å²) >= 11 is 0. The lowest BCUT2D eigenvalue weighted by Gasteiger charge is -2.40. The highest BCUT2D eigenvalue weighted by Gasteiger charge is 2.44. The summed E-state index contributed by atoms with van der Waals surface area (Å²) in [6.07, 6.45) is -5.05. The third kappa shape index (κ3) is 4.15. The van der Waals surface area contributed by atoms with Crippen LogP contribution in [0.4, 0.5) is 0 Å². The second-order valence-corrected chi connectivity index (χ2v) is 8.03. The van der Waals surface area contributed by atoms with E-state index in [0.29, 0.717) is 5.75 Å². The van der Waals surface area contributed by atoms with Gasteiger partial charge >= 0.3 is 0 Å². The Hall–Kier alpha value is -2.20. The zero-order chi connectivity index (χ0) is 22.1. The van der Waals surface area contributed by atoms with Gasteiger partial charge in [0, 0.05) is 5.92 Å². The van der Waals surface area contributed by atoms with Crippen molar-refractivity contribution in [3.8, 4) is 22.6 Å². The van der Waals surface area contributed by atoms with E-state index in [0.717, 1.165) is 35.1 Å². The summed E-state index contributed by atoms with van der Waals surface area (Å²) < 4.78 is 16.6. The minimum atomic E-state index is -1.49. The van der Waals surface area contributed by atoms with Crippen molar-refractivity contribution in [1.29, 1.82) is 0 Å². The number of aliphatic hydroxyl groups excluding tert-OH is 4. The van der Waals surface area contributed by atoms with Gasteiger partial charge in [0.25, 0.3) is 0 Å². The minimum Gasteiger partial charge on any atom is -0.504 e. The molecule has 2 aromatic carbocycles. The van der Waals surface area contributed by atoms with Gasteiger partial charge in [-0.1, -0.05) is 24.3 Å². The van der Waals surface area contributed by atoms with E-state index in [4.69, 9.17) is 14.2 Å². The van der Waals surface area contributed by atoms with Crippen LogP contribution in [-0.2, 0) is 15.9 Å². The number of benzene rings is 2. The molecule has 0 saturated carbocycles. The molecule has 0 aromatic heterocycles. The standard InChI is InChI=1S/C23H28O8/c1-29-18-9-15-13(11-30-23-22(28)21(27)20(26)19(10-24)31-23)7-6-12-4-2-3-5-14(12)16(15)8-17(18)25/h2-5,8-9,13,19-28H,6-7,10-11H2,1H3/t13-,19+,20+,21-,22+,23+/m0/s1. The molecule has 8 nitrogen and oxygen atoms in total. The van der Waals surface area contributed by atoms with Gasteiger partial charge in [-0.15, -0.1) is 0 Å². The number of hydrogen-bond acceptors (Lipinski definition) is 8. The summed E-state index contributed by atoms with van der Waals surface area (Å²) in [6, 6.07) is 11.5. The van der Waals surface area contributed by atoms with Crippen molar-refractivity contribution in [2.24, 2.45) is 0 Å². The zero-order valence-electron chi connectivity index (χ0n) is 17.2. The van der Waals surface area contributed by atoms with Crippen molar-refractivity contribution in [3.05, 3.63) is 47.5 Å². The predicted molar refractivity (Wildman–Crippen MR) is 111 cm³/mol. The van der Waals surface area contributed by atoms with Crippen LogP contribution in [0.5, 0.6) is 11.5 Å². The maximum atomic E-state index is 10.4. The lowest BCUT2D eigenvalue weighted by Crippen LogP contribution is -2.59. The van der Waals surface area contributed by atoms with Crippen molar-refractivity contribution in [2.75, 3.05) is 20.3 Å². The van der Waals surface area contributed by atoms with E-state index in [1.165, 1.54) is 7.11 Å². The Morgan fingerprint density at radius 2 is 1.81 bits per heavy atom. The molecule has 2 aliphatic rings. The lowest BCUT2D eigenvalue weighted by atomic mass is 9.91. The highest BCUT2D eigenvalue weighted by atomic mass is 16.7. The quantitative estimate of drug-likeness (QED) is 0.472. The van der Waals surface area contributed by atoms with Crippen molar-refractivity contribution in [3.63, 3.8) is 0 Å². The predicted octanol–water partition coefficient (Wildman–Crippen LogP) is 0.914. The normalized spacial score (nSPS) is 30.2. The van der Waals surface area contributed by atoms with Crippen LogP contribution in [-0.4, -0.2) is 76.6 Å². The van der Waals surface area contributed by atoms with Crippen molar-refractivity contribution in [1.82, 2.24) is 0 Å². The third-order valence-corrected chi connectivity index (χ3v) is 6.17. The fourth-order valence-electron chi connectivity index (χ4n) is 4.39. The molecule has 4 rings (SSSR count). The molecule has 1 aliphatic carbocycles. The summed E-state index contributed by atoms with van der Waals surface area (Å²) in [7, 11) is 1.49. The van der Waals surface area contributed by atoms with Gasteiger partial charge in [-0.2, -0.15) is 0 Å². The topological polar surface area (TPSA) is 129 Å². The number of methoxy groups -OCH3 is 1. The van der Waals surface area contributed by atoms with Gasteiger partial charge in [0.2, 0.25) is 0 Å². The number of aromatic hydroxyl groups is 1. The number of phenols is 1. The smallest absolute Gasteiger partial charge is 0.186 e. The van der Waals surface area contributed by atoms with Gasteiger partial charge in [-0.3, -0.25) is 0 Å². The van der Waals surface area contributed by atoms with Crippen LogP contribution in [0.2, 0.25) is 0 Å².